The van der Waals surface area contributed by atoms with Gasteiger partial charge in [0.25, 0.3) is 0 Å². The number of carbonyl (C=O) groups excluding carboxylic acids is 1. The zero-order valence-corrected chi connectivity index (χ0v) is 32.4. The Hall–Kier alpha value is -1.59. The molecule has 1 aliphatic heterocycles. The largest absolute Gasteiger partial charge is 0.457 e. The van der Waals surface area contributed by atoms with Gasteiger partial charge in [0.15, 0.2) is 6.29 Å². The molecule has 0 aliphatic carbocycles. The molecule has 9 heteroatoms. The number of allylic oxidation sites excluding steroid dienone is 6. The van der Waals surface area contributed by atoms with Gasteiger partial charge in [0, 0.05) is 13.0 Å². The van der Waals surface area contributed by atoms with Crippen LogP contribution in [0.25, 0.3) is 0 Å². The average molecular weight is 725 g/mol. The van der Waals surface area contributed by atoms with Crippen molar-refractivity contribution in [2.45, 2.75) is 198 Å². The molecular weight excluding hydrogens is 648 g/mol. The van der Waals surface area contributed by atoms with Gasteiger partial charge in [-0.2, -0.15) is 0 Å². The van der Waals surface area contributed by atoms with Crippen molar-refractivity contribution in [3.63, 3.8) is 0 Å². The molecule has 51 heavy (non-hydrogen) atoms. The number of aliphatic hydroxyl groups is 4. The summed E-state index contributed by atoms with van der Waals surface area (Å²) in [5.74, 6) is -0.332. The van der Waals surface area contributed by atoms with Gasteiger partial charge in [-0.05, 0) is 64.2 Å². The lowest BCUT2D eigenvalue weighted by molar-refractivity contribution is -0.305. The van der Waals surface area contributed by atoms with Crippen LogP contribution in [0.1, 0.15) is 162 Å². The lowest BCUT2D eigenvalue weighted by Gasteiger charge is -2.39. The summed E-state index contributed by atoms with van der Waals surface area (Å²) in [7, 11) is 0. The van der Waals surface area contributed by atoms with E-state index in [2.05, 4.69) is 50.3 Å². The van der Waals surface area contributed by atoms with Crippen molar-refractivity contribution < 1.29 is 44.2 Å². The first kappa shape index (κ1) is 47.4. The van der Waals surface area contributed by atoms with E-state index in [1.54, 1.807) is 0 Å². The van der Waals surface area contributed by atoms with Crippen molar-refractivity contribution >= 4 is 5.97 Å². The first-order valence-corrected chi connectivity index (χ1v) is 20.6. The summed E-state index contributed by atoms with van der Waals surface area (Å²) in [5, 5.41) is 40.0. The minimum Gasteiger partial charge on any atom is -0.457 e. The normalized spacial score (nSPS) is 21.7. The maximum absolute atomic E-state index is 12.7. The molecule has 1 saturated heterocycles. The predicted octanol–water partition coefficient (Wildman–Crippen LogP) is 8.41. The van der Waals surface area contributed by atoms with E-state index in [1.165, 1.54) is 70.6 Å². The molecule has 6 atom stereocenters. The Bertz CT molecular complexity index is 874. The number of esters is 1. The van der Waals surface area contributed by atoms with E-state index in [-0.39, 0.29) is 19.2 Å². The third-order valence-electron chi connectivity index (χ3n) is 9.26. The molecule has 9 nitrogen and oxygen atoms in total. The molecule has 0 aromatic heterocycles. The van der Waals surface area contributed by atoms with Gasteiger partial charge in [-0.15, -0.1) is 0 Å². The molecule has 298 valence electrons. The van der Waals surface area contributed by atoms with E-state index in [0.717, 1.165) is 70.6 Å². The molecule has 4 N–H and O–H groups in total. The third-order valence-corrected chi connectivity index (χ3v) is 9.26. The van der Waals surface area contributed by atoms with Gasteiger partial charge < -0.3 is 39.4 Å². The van der Waals surface area contributed by atoms with E-state index in [0.29, 0.717) is 13.0 Å². The molecule has 1 fully saturated rings. The van der Waals surface area contributed by atoms with Crippen molar-refractivity contribution in [3.05, 3.63) is 36.5 Å². The molecule has 1 heterocycles. The van der Waals surface area contributed by atoms with E-state index in [9.17, 15) is 25.2 Å². The quantitative estimate of drug-likeness (QED) is 0.0293. The lowest BCUT2D eigenvalue weighted by atomic mass is 9.99. The molecule has 6 unspecified atom stereocenters. The lowest BCUT2D eigenvalue weighted by Crippen LogP contribution is -2.59. The predicted molar refractivity (Wildman–Crippen MR) is 205 cm³/mol. The fourth-order valence-corrected chi connectivity index (χ4v) is 5.99. The zero-order chi connectivity index (χ0) is 37.2. The summed E-state index contributed by atoms with van der Waals surface area (Å²) in [6.07, 6.45) is 31.6. The topological polar surface area (TPSA) is 135 Å². The summed E-state index contributed by atoms with van der Waals surface area (Å²) in [5.41, 5.74) is 0. The number of rotatable bonds is 34. The van der Waals surface area contributed by atoms with E-state index >= 15 is 0 Å². The summed E-state index contributed by atoms with van der Waals surface area (Å²) < 4.78 is 22.7. The zero-order valence-electron chi connectivity index (χ0n) is 32.4. The van der Waals surface area contributed by atoms with E-state index in [4.69, 9.17) is 18.9 Å². The smallest absolute Gasteiger partial charge is 0.306 e. The number of aliphatic hydroxyl groups excluding tert-OH is 4. The van der Waals surface area contributed by atoms with Crippen molar-refractivity contribution in [1.82, 2.24) is 0 Å². The fraction of sp³-hybridized carbons (Fsp3) is 0.833. The number of hydrogen-bond donors (Lipinski definition) is 4. The SMILES string of the molecule is CCC/C=C\C/C=C\CCCCCCCC(=O)OC(COCCCCCCCC/C=C\CCCCCCC)COC1OC(CO)C(O)C(O)C1O. The highest BCUT2D eigenvalue weighted by Gasteiger charge is 2.44. The van der Waals surface area contributed by atoms with Crippen molar-refractivity contribution in [2.75, 3.05) is 26.4 Å². The number of carbonyl (C=O) groups is 1. The highest BCUT2D eigenvalue weighted by molar-refractivity contribution is 5.69. The van der Waals surface area contributed by atoms with Gasteiger partial charge in [-0.25, -0.2) is 0 Å². The van der Waals surface area contributed by atoms with Crippen LogP contribution in [0.15, 0.2) is 36.5 Å². The maximum Gasteiger partial charge on any atom is 0.306 e. The summed E-state index contributed by atoms with van der Waals surface area (Å²) in [6, 6.07) is 0. The standard InChI is InChI=1S/C42H76O9/c1-3-5-7-9-11-13-15-17-18-20-22-24-26-28-30-32-48-34-36(35-49-42-41(47)40(46)39(45)37(33-43)51-42)50-38(44)31-29-27-25-23-21-19-16-14-12-10-8-6-4-2/h8,10,14-17,36-37,39-43,45-47H,3-7,9,11-13,18-35H2,1-2H3/b10-8-,16-14-,17-15-. The van der Waals surface area contributed by atoms with Crippen LogP contribution in [0.3, 0.4) is 0 Å². The Balaban J connectivity index is 2.32. The van der Waals surface area contributed by atoms with Gasteiger partial charge in [-0.3, -0.25) is 4.79 Å². The summed E-state index contributed by atoms with van der Waals surface area (Å²) in [4.78, 5) is 12.7. The van der Waals surface area contributed by atoms with Gasteiger partial charge in [0.2, 0.25) is 0 Å². The minimum atomic E-state index is -1.54. The van der Waals surface area contributed by atoms with Crippen LogP contribution in [-0.2, 0) is 23.7 Å². The van der Waals surface area contributed by atoms with Crippen LogP contribution >= 0.6 is 0 Å². The highest BCUT2D eigenvalue weighted by atomic mass is 16.7. The van der Waals surface area contributed by atoms with Crippen molar-refractivity contribution in [3.8, 4) is 0 Å². The molecule has 0 radical (unpaired) electrons. The van der Waals surface area contributed by atoms with Crippen LogP contribution in [0.5, 0.6) is 0 Å². The van der Waals surface area contributed by atoms with E-state index in [1.807, 2.05) is 0 Å². The van der Waals surface area contributed by atoms with Crippen LogP contribution in [0.4, 0.5) is 0 Å². The highest BCUT2D eigenvalue weighted by Crippen LogP contribution is 2.22. The van der Waals surface area contributed by atoms with E-state index < -0.39 is 43.4 Å². The molecule has 0 bridgehead atoms. The first-order valence-electron chi connectivity index (χ1n) is 20.6. The molecular formula is C42H76O9. The molecule has 0 spiro atoms. The Morgan fingerprint density at radius 2 is 1.18 bits per heavy atom. The molecule has 0 aromatic rings. The second-order valence-corrected chi connectivity index (χ2v) is 14.1. The number of hydrogen-bond acceptors (Lipinski definition) is 9. The van der Waals surface area contributed by atoms with Gasteiger partial charge >= 0.3 is 5.97 Å². The molecule has 0 aromatic carbocycles. The molecule has 0 amide bonds. The second-order valence-electron chi connectivity index (χ2n) is 14.1. The van der Waals surface area contributed by atoms with Crippen molar-refractivity contribution in [2.24, 2.45) is 0 Å². The van der Waals surface area contributed by atoms with Crippen LogP contribution < -0.4 is 0 Å². The Morgan fingerprint density at radius 3 is 1.78 bits per heavy atom. The van der Waals surface area contributed by atoms with Crippen LogP contribution in [0.2, 0.25) is 0 Å². The minimum absolute atomic E-state index is 0.121. The third kappa shape index (κ3) is 25.9. The Kier molecular flexibility index (Phi) is 31.8. The van der Waals surface area contributed by atoms with Gasteiger partial charge in [-0.1, -0.05) is 127 Å². The average Bonchev–Trinajstić information content (AvgIpc) is 3.13. The summed E-state index contributed by atoms with van der Waals surface area (Å²) >= 11 is 0. The van der Waals surface area contributed by atoms with Gasteiger partial charge in [0.05, 0.1) is 19.8 Å². The molecule has 1 aliphatic rings. The van der Waals surface area contributed by atoms with Crippen LogP contribution in [-0.4, -0.2) is 89.6 Å². The molecule has 1 rings (SSSR count). The monoisotopic (exact) mass is 725 g/mol. The Morgan fingerprint density at radius 1 is 0.627 bits per heavy atom. The van der Waals surface area contributed by atoms with Crippen LogP contribution in [0, 0.1) is 0 Å². The Labute approximate surface area is 310 Å². The first-order chi connectivity index (χ1) is 24.9. The number of ether oxygens (including phenoxy) is 4. The fourth-order valence-electron chi connectivity index (χ4n) is 5.99. The maximum atomic E-state index is 12.7. The van der Waals surface area contributed by atoms with Crippen molar-refractivity contribution in [1.29, 1.82) is 0 Å². The van der Waals surface area contributed by atoms with Gasteiger partial charge in [0.1, 0.15) is 30.5 Å². The molecule has 0 saturated carbocycles. The number of unbranched alkanes of at least 4 members (excludes halogenated alkanes) is 17. The second kappa shape index (κ2) is 34.2. The summed E-state index contributed by atoms with van der Waals surface area (Å²) in [6.45, 7) is 4.44.